The monoisotopic (exact) mass is 295 g/mol. The van der Waals surface area contributed by atoms with Gasteiger partial charge in [0.05, 0.1) is 10.5 Å². The minimum Gasteiger partial charge on any atom is -0.289 e. The lowest BCUT2D eigenvalue weighted by Crippen LogP contribution is -2.19. The summed E-state index contributed by atoms with van der Waals surface area (Å²) in [5, 5.41) is 12.8. The minimum atomic E-state index is -0.770. The highest BCUT2D eigenvalue weighted by atomic mass is 19.1. The number of hydrogen-bond acceptors (Lipinski definition) is 6. The molecule has 0 aliphatic heterocycles. The molecule has 110 valence electrons. The van der Waals surface area contributed by atoms with E-state index in [1.165, 1.54) is 31.8 Å². The van der Waals surface area contributed by atoms with Crippen molar-refractivity contribution in [2.24, 2.45) is 7.05 Å². The molecular weight excluding hydrogens is 283 g/mol. The lowest BCUT2D eigenvalue weighted by atomic mass is 10.1. The Hall–Kier alpha value is -2.91. The van der Waals surface area contributed by atoms with Crippen LogP contribution in [0.3, 0.4) is 0 Å². The lowest BCUT2D eigenvalue weighted by molar-refractivity contribution is -0.737. The minimum absolute atomic E-state index is 0.0279. The second-order valence-electron chi connectivity index (χ2n) is 4.09. The molecule has 0 aliphatic carbocycles. The van der Waals surface area contributed by atoms with Gasteiger partial charge in [-0.2, -0.15) is 0 Å². The molecular formula is C11H12FN6O3+. The van der Waals surface area contributed by atoms with Crippen LogP contribution in [-0.2, 0) is 11.9 Å². The van der Waals surface area contributed by atoms with Crippen LogP contribution in [0.2, 0.25) is 0 Å². The first kappa shape index (κ1) is 14.5. The third-order valence-electron chi connectivity index (χ3n) is 2.82. The molecule has 1 aromatic carbocycles. The van der Waals surface area contributed by atoms with Crippen LogP contribution in [0.25, 0.3) is 0 Å². The summed E-state index contributed by atoms with van der Waals surface area (Å²) in [6.07, 6.45) is 0. The second-order valence-corrected chi connectivity index (χ2v) is 4.09. The van der Waals surface area contributed by atoms with Crippen molar-refractivity contribution in [3.05, 3.63) is 34.0 Å². The number of tetrazole rings is 1. The van der Waals surface area contributed by atoms with Crippen LogP contribution in [0.4, 0.5) is 16.0 Å². The molecule has 1 aromatic heterocycles. The normalized spacial score (nSPS) is 10.3. The van der Waals surface area contributed by atoms with E-state index in [9.17, 15) is 14.1 Å². The van der Waals surface area contributed by atoms with Crippen LogP contribution in [0.5, 0.6) is 0 Å². The number of rotatable bonds is 4. The highest BCUT2D eigenvalue weighted by molar-refractivity contribution is 6.05. The van der Waals surface area contributed by atoms with Gasteiger partial charge in [-0.05, 0) is 23.4 Å². The number of carbonyl (C=O) groups is 1. The third kappa shape index (κ3) is 2.68. The number of hydrogen-bond donors (Lipinski definition) is 1. The van der Waals surface area contributed by atoms with E-state index in [0.717, 1.165) is 6.07 Å². The number of aromatic nitrogens is 4. The molecule has 0 fully saturated rings. The van der Waals surface area contributed by atoms with Crippen molar-refractivity contribution in [3.8, 4) is 0 Å². The van der Waals surface area contributed by atoms with E-state index in [1.54, 1.807) is 0 Å². The Labute approximate surface area is 118 Å². The zero-order valence-corrected chi connectivity index (χ0v) is 11.5. The summed E-state index contributed by atoms with van der Waals surface area (Å²) in [7, 11) is 2.68. The fourth-order valence-corrected chi connectivity index (χ4v) is 1.74. The van der Waals surface area contributed by atoms with Crippen molar-refractivity contribution in [2.75, 3.05) is 12.4 Å². The van der Waals surface area contributed by atoms with Gasteiger partial charge < -0.3 is 0 Å². The summed E-state index contributed by atoms with van der Waals surface area (Å²) >= 11 is 0. The second kappa shape index (κ2) is 5.61. The predicted molar refractivity (Wildman–Crippen MR) is 68.2 cm³/mol. The van der Waals surface area contributed by atoms with Gasteiger partial charge in [0.2, 0.25) is 5.95 Å². The van der Waals surface area contributed by atoms with E-state index in [-0.39, 0.29) is 27.7 Å². The maximum Gasteiger partial charge on any atom is 0.320 e. The number of halogens is 1. The van der Waals surface area contributed by atoms with Gasteiger partial charge in [0.15, 0.2) is 7.11 Å². The summed E-state index contributed by atoms with van der Waals surface area (Å²) in [6, 6.07) is 2.23. The molecule has 21 heavy (non-hydrogen) atoms. The van der Waals surface area contributed by atoms with Gasteiger partial charge >= 0.3 is 5.69 Å². The zero-order chi connectivity index (χ0) is 15.6. The molecule has 1 heterocycles. The number of nitrogens with one attached hydrogen (secondary N) is 1. The largest absolute Gasteiger partial charge is 0.320 e. The standard InChI is InChI=1S/C11H11FN6O3/c1-6-8(18(20)21-3)5-4-7(12)9(6)10(19)13-11-14-15-16-17(11)2/h4-5H,1-3H3/p+1. The van der Waals surface area contributed by atoms with Crippen LogP contribution in [0.15, 0.2) is 12.1 Å². The van der Waals surface area contributed by atoms with Gasteiger partial charge in [-0.25, -0.2) is 13.9 Å². The van der Waals surface area contributed by atoms with Gasteiger partial charge in [0.25, 0.3) is 10.8 Å². The van der Waals surface area contributed by atoms with E-state index >= 15 is 0 Å². The average Bonchev–Trinajstić information content (AvgIpc) is 2.83. The number of benzene rings is 1. The highest BCUT2D eigenvalue weighted by Gasteiger charge is 2.27. The summed E-state index contributed by atoms with van der Waals surface area (Å²) in [5.74, 6) is -1.49. The Kier molecular flexibility index (Phi) is 3.87. The summed E-state index contributed by atoms with van der Waals surface area (Å²) in [5.41, 5.74) is -0.118. The topological polar surface area (TPSA) is 102 Å². The molecule has 9 nitrogen and oxygen atoms in total. The van der Waals surface area contributed by atoms with Crippen molar-refractivity contribution in [1.82, 2.24) is 20.2 Å². The molecule has 0 radical (unpaired) electrons. The molecule has 2 rings (SSSR count). The van der Waals surface area contributed by atoms with Gasteiger partial charge in [-0.15, -0.1) is 0 Å². The van der Waals surface area contributed by atoms with Crippen molar-refractivity contribution in [2.45, 2.75) is 6.92 Å². The molecule has 0 aliphatic rings. The van der Waals surface area contributed by atoms with Gasteiger partial charge in [0.1, 0.15) is 5.82 Å². The van der Waals surface area contributed by atoms with Crippen molar-refractivity contribution in [1.29, 1.82) is 0 Å². The van der Waals surface area contributed by atoms with E-state index in [2.05, 4.69) is 25.7 Å². The maximum absolute atomic E-state index is 13.9. The van der Waals surface area contributed by atoms with Crippen LogP contribution < -0.4 is 5.32 Å². The first-order valence-corrected chi connectivity index (χ1v) is 5.80. The van der Waals surface area contributed by atoms with Gasteiger partial charge in [0, 0.05) is 18.7 Å². The first-order valence-electron chi connectivity index (χ1n) is 5.80. The number of carbonyl (C=O) groups excluding carboxylic acids is 1. The molecule has 1 N–H and O–H groups in total. The van der Waals surface area contributed by atoms with Crippen LogP contribution in [0.1, 0.15) is 15.9 Å². The SMILES string of the molecule is CO[N+](=O)c1ccc(F)c(C(=O)Nc2nnnn2C)c1C. The molecule has 10 heteroatoms. The zero-order valence-electron chi connectivity index (χ0n) is 11.5. The highest BCUT2D eigenvalue weighted by Crippen LogP contribution is 2.24. The van der Waals surface area contributed by atoms with E-state index < -0.39 is 11.7 Å². The van der Waals surface area contributed by atoms with Gasteiger partial charge in [-0.1, -0.05) is 5.10 Å². The van der Waals surface area contributed by atoms with Crippen LogP contribution in [0, 0.1) is 17.6 Å². The lowest BCUT2D eigenvalue weighted by Gasteiger charge is -2.07. The fourth-order valence-electron chi connectivity index (χ4n) is 1.74. The molecule has 0 atom stereocenters. The predicted octanol–water partition coefficient (Wildman–Crippen LogP) is 0.882. The summed E-state index contributed by atoms with van der Waals surface area (Å²) < 4.78 is 15.1. The van der Waals surface area contributed by atoms with Crippen molar-refractivity contribution in [3.63, 3.8) is 0 Å². The third-order valence-corrected chi connectivity index (χ3v) is 2.82. The van der Waals surface area contributed by atoms with Crippen LogP contribution in [-0.4, -0.2) is 38.1 Å². The van der Waals surface area contributed by atoms with E-state index in [1.807, 2.05) is 0 Å². The number of nitrogens with zero attached hydrogens (tertiary/aromatic N) is 5. The first-order chi connectivity index (χ1) is 9.95. The molecule has 2 aromatic rings. The Morgan fingerprint density at radius 1 is 1.48 bits per heavy atom. The Morgan fingerprint density at radius 3 is 2.76 bits per heavy atom. The van der Waals surface area contributed by atoms with E-state index in [4.69, 9.17) is 0 Å². The van der Waals surface area contributed by atoms with Crippen molar-refractivity contribution < 1.29 is 18.9 Å². The smallest absolute Gasteiger partial charge is 0.289 e. The molecule has 1 amide bonds. The average molecular weight is 295 g/mol. The van der Waals surface area contributed by atoms with E-state index in [0.29, 0.717) is 0 Å². The molecule has 0 unspecified atom stereocenters. The van der Waals surface area contributed by atoms with Crippen molar-refractivity contribution >= 4 is 17.5 Å². The summed E-state index contributed by atoms with van der Waals surface area (Å²) in [6.45, 7) is 1.44. The molecule has 0 saturated carbocycles. The quantitative estimate of drug-likeness (QED) is 0.840. The Balaban J connectivity index is 2.41. The molecule has 0 spiro atoms. The number of amides is 1. The maximum atomic E-state index is 13.9. The van der Waals surface area contributed by atoms with Gasteiger partial charge in [-0.3, -0.25) is 10.1 Å². The van der Waals surface area contributed by atoms with Crippen LogP contribution >= 0.6 is 0 Å². The number of aryl methyl sites for hydroxylation is 1. The summed E-state index contributed by atoms with van der Waals surface area (Å²) in [4.78, 5) is 28.3. The Bertz CT molecular complexity index is 714. The molecule has 0 bridgehead atoms. The number of anilines is 1. The fraction of sp³-hybridized carbons (Fsp3) is 0.273. The molecule has 0 saturated heterocycles. The Morgan fingerprint density at radius 2 is 2.19 bits per heavy atom.